The van der Waals surface area contributed by atoms with E-state index in [9.17, 15) is 8.42 Å². The van der Waals surface area contributed by atoms with Gasteiger partial charge in [-0.1, -0.05) is 0 Å². The minimum absolute atomic E-state index is 0.223. The van der Waals surface area contributed by atoms with Crippen molar-refractivity contribution in [2.75, 3.05) is 11.5 Å². The van der Waals surface area contributed by atoms with Gasteiger partial charge in [0.05, 0.1) is 18.1 Å². The van der Waals surface area contributed by atoms with Crippen LogP contribution in [0.5, 0.6) is 0 Å². The zero-order valence-electron chi connectivity index (χ0n) is 11.2. The first kappa shape index (κ1) is 13.1. The maximum atomic E-state index is 11.6. The quantitative estimate of drug-likeness (QED) is 0.863. The molecule has 1 N–H and O–H groups in total. The smallest absolute Gasteiger partial charge is 0.152 e. The number of aryl methyl sites for hydroxylation is 1. The number of aromatic nitrogens is 3. The molecule has 0 aromatic carbocycles. The van der Waals surface area contributed by atoms with Gasteiger partial charge in [-0.25, -0.2) is 8.42 Å². The van der Waals surface area contributed by atoms with Crippen molar-refractivity contribution in [2.45, 2.75) is 51.2 Å². The lowest BCUT2D eigenvalue weighted by atomic mass is 10.0. The molecule has 2 aliphatic rings. The van der Waals surface area contributed by atoms with Crippen LogP contribution in [0.1, 0.15) is 37.8 Å². The van der Waals surface area contributed by atoms with Gasteiger partial charge < -0.3 is 9.88 Å². The molecule has 1 fully saturated rings. The van der Waals surface area contributed by atoms with Gasteiger partial charge in [0.1, 0.15) is 11.6 Å². The average molecular weight is 284 g/mol. The molecule has 1 atom stereocenters. The summed E-state index contributed by atoms with van der Waals surface area (Å²) in [5.41, 5.74) is -0.320. The second-order valence-corrected chi connectivity index (χ2v) is 8.08. The molecule has 7 heteroatoms. The number of nitrogens with zero attached hydrogens (tertiary/aromatic N) is 3. The number of hydrogen-bond donors (Lipinski definition) is 1. The molecule has 1 saturated heterocycles. The topological polar surface area (TPSA) is 76.9 Å². The van der Waals surface area contributed by atoms with Crippen LogP contribution in [0, 0.1) is 0 Å². The van der Waals surface area contributed by atoms with E-state index in [2.05, 4.69) is 20.1 Å². The summed E-state index contributed by atoms with van der Waals surface area (Å²) < 4.78 is 25.3. The molecule has 6 nitrogen and oxygen atoms in total. The SMILES string of the molecule is CC1(NCc2nnc3n2CCCC3)CCS(=O)(=O)C1. The largest absolute Gasteiger partial charge is 0.314 e. The third-order valence-electron chi connectivity index (χ3n) is 4.11. The van der Waals surface area contributed by atoms with E-state index in [1.807, 2.05) is 6.92 Å². The second-order valence-electron chi connectivity index (χ2n) is 5.90. The van der Waals surface area contributed by atoms with E-state index in [1.165, 1.54) is 12.8 Å². The van der Waals surface area contributed by atoms with Crippen molar-refractivity contribution in [1.29, 1.82) is 0 Å². The van der Waals surface area contributed by atoms with Crippen LogP contribution in [0.3, 0.4) is 0 Å². The lowest BCUT2D eigenvalue weighted by Crippen LogP contribution is -2.43. The first-order valence-corrected chi connectivity index (χ1v) is 8.66. The molecular formula is C12H20N4O2S. The Hall–Kier alpha value is -0.950. The van der Waals surface area contributed by atoms with Crippen LogP contribution in [-0.4, -0.2) is 40.2 Å². The third-order valence-corrected chi connectivity index (χ3v) is 6.02. The van der Waals surface area contributed by atoms with Crippen LogP contribution in [0.15, 0.2) is 0 Å². The van der Waals surface area contributed by atoms with Crippen molar-refractivity contribution in [3.05, 3.63) is 11.6 Å². The van der Waals surface area contributed by atoms with Crippen LogP contribution >= 0.6 is 0 Å². The Balaban J connectivity index is 1.68. The second kappa shape index (κ2) is 4.56. The Kier molecular flexibility index (Phi) is 3.13. The van der Waals surface area contributed by atoms with Crippen LogP contribution in [-0.2, 0) is 29.3 Å². The van der Waals surface area contributed by atoms with Crippen molar-refractivity contribution in [3.63, 3.8) is 0 Å². The van der Waals surface area contributed by atoms with E-state index in [4.69, 9.17) is 0 Å². The van der Waals surface area contributed by atoms with Gasteiger partial charge in [0.2, 0.25) is 0 Å². The number of hydrogen-bond acceptors (Lipinski definition) is 5. The summed E-state index contributed by atoms with van der Waals surface area (Å²) in [6.07, 6.45) is 4.03. The molecular weight excluding hydrogens is 264 g/mol. The van der Waals surface area contributed by atoms with Crippen molar-refractivity contribution < 1.29 is 8.42 Å². The molecule has 1 unspecified atom stereocenters. The summed E-state index contributed by atoms with van der Waals surface area (Å²) in [7, 11) is -2.87. The molecule has 2 aliphatic heterocycles. The summed E-state index contributed by atoms with van der Waals surface area (Å²) >= 11 is 0. The molecule has 0 radical (unpaired) electrons. The van der Waals surface area contributed by atoms with Crippen molar-refractivity contribution in [2.24, 2.45) is 0 Å². The maximum Gasteiger partial charge on any atom is 0.152 e. The van der Waals surface area contributed by atoms with E-state index >= 15 is 0 Å². The van der Waals surface area contributed by atoms with E-state index in [0.29, 0.717) is 13.0 Å². The van der Waals surface area contributed by atoms with E-state index in [-0.39, 0.29) is 17.0 Å². The van der Waals surface area contributed by atoms with Gasteiger partial charge in [-0.3, -0.25) is 0 Å². The number of rotatable bonds is 3. The monoisotopic (exact) mass is 284 g/mol. The molecule has 3 rings (SSSR count). The number of sulfone groups is 1. The highest BCUT2D eigenvalue weighted by molar-refractivity contribution is 7.91. The molecule has 0 saturated carbocycles. The zero-order chi connectivity index (χ0) is 13.5. The van der Waals surface area contributed by atoms with Gasteiger partial charge in [0, 0.05) is 18.5 Å². The Morgan fingerprint density at radius 1 is 1.37 bits per heavy atom. The maximum absolute atomic E-state index is 11.6. The molecule has 106 valence electrons. The zero-order valence-corrected chi connectivity index (χ0v) is 12.0. The fraction of sp³-hybridized carbons (Fsp3) is 0.833. The highest BCUT2D eigenvalue weighted by Gasteiger charge is 2.38. The van der Waals surface area contributed by atoms with Crippen molar-refractivity contribution in [3.8, 4) is 0 Å². The Bertz CT molecular complexity index is 581. The van der Waals surface area contributed by atoms with Gasteiger partial charge in [0.25, 0.3) is 0 Å². The van der Waals surface area contributed by atoms with Crippen LogP contribution < -0.4 is 5.32 Å². The standard InChI is InChI=1S/C12H20N4O2S/c1-12(5-7-19(17,18)9-12)13-8-11-15-14-10-4-2-3-6-16(10)11/h13H,2-9H2,1H3. The average Bonchev–Trinajstić information content (AvgIpc) is 2.89. The Labute approximate surface area is 113 Å². The molecule has 0 bridgehead atoms. The highest BCUT2D eigenvalue weighted by atomic mass is 32.2. The minimum Gasteiger partial charge on any atom is -0.314 e. The van der Waals surface area contributed by atoms with Gasteiger partial charge >= 0.3 is 0 Å². The van der Waals surface area contributed by atoms with Gasteiger partial charge in [-0.15, -0.1) is 10.2 Å². The van der Waals surface area contributed by atoms with Crippen LogP contribution in [0.25, 0.3) is 0 Å². The summed E-state index contributed by atoms with van der Waals surface area (Å²) in [5.74, 6) is 2.50. The van der Waals surface area contributed by atoms with E-state index in [0.717, 1.165) is 24.6 Å². The molecule has 0 spiro atoms. The predicted molar refractivity (Wildman–Crippen MR) is 71.5 cm³/mol. The van der Waals surface area contributed by atoms with E-state index in [1.54, 1.807) is 0 Å². The van der Waals surface area contributed by atoms with Crippen LogP contribution in [0.2, 0.25) is 0 Å². The molecule has 1 aromatic rings. The number of nitrogens with one attached hydrogen (secondary N) is 1. The lowest BCUT2D eigenvalue weighted by Gasteiger charge is -2.24. The van der Waals surface area contributed by atoms with Gasteiger partial charge in [-0.05, 0) is 26.2 Å². The molecule has 3 heterocycles. The Morgan fingerprint density at radius 3 is 2.95 bits per heavy atom. The normalized spacial score (nSPS) is 29.3. The first-order chi connectivity index (χ1) is 8.98. The van der Waals surface area contributed by atoms with Crippen LogP contribution in [0.4, 0.5) is 0 Å². The first-order valence-electron chi connectivity index (χ1n) is 6.84. The molecule has 0 aliphatic carbocycles. The molecule has 1 aromatic heterocycles. The number of fused-ring (bicyclic) bond motifs is 1. The Morgan fingerprint density at radius 2 is 2.21 bits per heavy atom. The molecule has 0 amide bonds. The van der Waals surface area contributed by atoms with Crippen molar-refractivity contribution in [1.82, 2.24) is 20.1 Å². The highest BCUT2D eigenvalue weighted by Crippen LogP contribution is 2.23. The van der Waals surface area contributed by atoms with E-state index < -0.39 is 9.84 Å². The summed E-state index contributed by atoms with van der Waals surface area (Å²) in [5, 5.41) is 11.8. The van der Waals surface area contributed by atoms with Gasteiger partial charge in [0.15, 0.2) is 9.84 Å². The fourth-order valence-electron chi connectivity index (χ4n) is 2.94. The van der Waals surface area contributed by atoms with Crippen molar-refractivity contribution >= 4 is 9.84 Å². The van der Waals surface area contributed by atoms with Gasteiger partial charge in [-0.2, -0.15) is 0 Å². The molecule has 19 heavy (non-hydrogen) atoms. The lowest BCUT2D eigenvalue weighted by molar-refractivity contribution is 0.381. The fourth-order valence-corrected chi connectivity index (χ4v) is 5.06. The predicted octanol–water partition coefficient (Wildman–Crippen LogP) is 0.281. The summed E-state index contributed by atoms with van der Waals surface area (Å²) in [4.78, 5) is 0. The summed E-state index contributed by atoms with van der Waals surface area (Å²) in [6.45, 7) is 3.55. The summed E-state index contributed by atoms with van der Waals surface area (Å²) in [6, 6.07) is 0. The minimum atomic E-state index is -2.87. The third kappa shape index (κ3) is 2.67.